The minimum Gasteiger partial charge on any atom is -0.497 e. The van der Waals surface area contributed by atoms with Gasteiger partial charge in [-0.15, -0.1) is 0 Å². The first-order chi connectivity index (χ1) is 13.5. The maximum absolute atomic E-state index is 12.9. The highest BCUT2D eigenvalue weighted by atomic mass is 16.5. The summed E-state index contributed by atoms with van der Waals surface area (Å²) < 4.78 is 21.1. The lowest BCUT2D eigenvalue weighted by atomic mass is 10.1. The third-order valence-electron chi connectivity index (χ3n) is 4.42. The van der Waals surface area contributed by atoms with Gasteiger partial charge in [-0.3, -0.25) is 4.79 Å². The number of carbonyl (C=O) groups excluding carboxylic acids is 1. The Labute approximate surface area is 162 Å². The molecule has 1 amide bonds. The number of para-hydroxylation sites is 1. The predicted molar refractivity (Wildman–Crippen MR) is 104 cm³/mol. The first-order valence-electron chi connectivity index (χ1n) is 8.55. The maximum Gasteiger partial charge on any atom is 0.349 e. The smallest absolute Gasteiger partial charge is 0.349 e. The number of rotatable bonds is 6. The van der Waals surface area contributed by atoms with Gasteiger partial charge in [0.05, 0.1) is 21.3 Å². The lowest BCUT2D eigenvalue weighted by Crippen LogP contribution is -2.30. The maximum atomic E-state index is 12.9. The van der Waals surface area contributed by atoms with Crippen LogP contribution in [-0.2, 0) is 6.54 Å². The highest BCUT2D eigenvalue weighted by molar-refractivity contribution is 5.97. The number of fused-ring (bicyclic) bond motifs is 1. The van der Waals surface area contributed by atoms with Crippen LogP contribution in [-0.4, -0.2) is 39.2 Å². The predicted octanol–water partition coefficient (Wildman–Crippen LogP) is 3.09. The summed E-state index contributed by atoms with van der Waals surface area (Å²) in [5.41, 5.74) is 0.336. The van der Waals surface area contributed by atoms with Gasteiger partial charge in [0.15, 0.2) is 11.3 Å². The molecule has 28 heavy (non-hydrogen) atoms. The van der Waals surface area contributed by atoms with E-state index < -0.39 is 11.5 Å². The second-order valence-electron chi connectivity index (χ2n) is 6.17. The SMILES string of the molecule is COc1ccc(CN(C)C(=O)c2cc3cccc(OC)c3oc2=O)c(OC)c1. The summed E-state index contributed by atoms with van der Waals surface area (Å²) in [5, 5.41) is 0.609. The molecule has 1 aromatic heterocycles. The monoisotopic (exact) mass is 383 g/mol. The average Bonchev–Trinajstić information content (AvgIpc) is 2.72. The minimum absolute atomic E-state index is 0.0456. The van der Waals surface area contributed by atoms with Crippen molar-refractivity contribution in [3.63, 3.8) is 0 Å². The summed E-state index contributed by atoms with van der Waals surface area (Å²) >= 11 is 0. The molecule has 0 aliphatic heterocycles. The third kappa shape index (κ3) is 3.64. The fourth-order valence-electron chi connectivity index (χ4n) is 2.94. The lowest BCUT2D eigenvalue weighted by Gasteiger charge is -2.19. The lowest BCUT2D eigenvalue weighted by molar-refractivity contribution is 0.0780. The Morgan fingerprint density at radius 3 is 2.43 bits per heavy atom. The Balaban J connectivity index is 1.92. The van der Waals surface area contributed by atoms with Crippen molar-refractivity contribution in [2.75, 3.05) is 28.4 Å². The van der Waals surface area contributed by atoms with Crippen molar-refractivity contribution in [3.8, 4) is 17.2 Å². The molecule has 0 fully saturated rings. The van der Waals surface area contributed by atoms with Crippen LogP contribution in [0.1, 0.15) is 15.9 Å². The van der Waals surface area contributed by atoms with Crippen molar-refractivity contribution in [1.82, 2.24) is 4.90 Å². The summed E-state index contributed by atoms with van der Waals surface area (Å²) in [4.78, 5) is 26.7. The van der Waals surface area contributed by atoms with E-state index in [0.717, 1.165) is 5.56 Å². The molecule has 0 unspecified atom stereocenters. The zero-order chi connectivity index (χ0) is 20.3. The minimum atomic E-state index is -0.712. The van der Waals surface area contributed by atoms with E-state index in [9.17, 15) is 9.59 Å². The molecule has 0 bridgehead atoms. The third-order valence-corrected chi connectivity index (χ3v) is 4.42. The molecule has 1 heterocycles. The standard InChI is InChI=1S/C21H21NO6/c1-22(12-14-8-9-15(25-2)11-18(14)27-4)20(23)16-10-13-6-5-7-17(26-3)19(13)28-21(16)24/h5-11H,12H2,1-4H3. The van der Waals surface area contributed by atoms with Gasteiger partial charge in [0.1, 0.15) is 17.1 Å². The Bertz CT molecular complexity index is 1070. The van der Waals surface area contributed by atoms with E-state index in [4.69, 9.17) is 18.6 Å². The van der Waals surface area contributed by atoms with Crippen LogP contribution in [0.4, 0.5) is 0 Å². The normalized spacial score (nSPS) is 10.6. The molecule has 2 aromatic carbocycles. The summed E-state index contributed by atoms with van der Waals surface area (Å²) in [7, 11) is 6.22. The van der Waals surface area contributed by atoms with Crippen LogP contribution < -0.4 is 19.8 Å². The van der Waals surface area contributed by atoms with Crippen LogP contribution in [0.2, 0.25) is 0 Å². The summed E-state index contributed by atoms with van der Waals surface area (Å²) in [6, 6.07) is 12.1. The zero-order valence-electron chi connectivity index (χ0n) is 16.1. The van der Waals surface area contributed by atoms with E-state index in [0.29, 0.717) is 28.2 Å². The van der Waals surface area contributed by atoms with Crippen LogP contribution in [0, 0.1) is 0 Å². The molecule has 0 aliphatic carbocycles. The number of hydrogen-bond acceptors (Lipinski definition) is 6. The Morgan fingerprint density at radius 2 is 1.75 bits per heavy atom. The van der Waals surface area contributed by atoms with Gasteiger partial charge in [-0.2, -0.15) is 0 Å². The van der Waals surface area contributed by atoms with E-state index in [-0.39, 0.29) is 12.1 Å². The molecule has 0 saturated heterocycles. The van der Waals surface area contributed by atoms with Crippen molar-refractivity contribution in [1.29, 1.82) is 0 Å². The zero-order valence-corrected chi connectivity index (χ0v) is 16.1. The summed E-state index contributed by atoms with van der Waals surface area (Å²) in [5.74, 6) is 1.23. The molecular weight excluding hydrogens is 362 g/mol. The molecule has 146 valence electrons. The van der Waals surface area contributed by atoms with Crippen molar-refractivity contribution < 1.29 is 23.4 Å². The molecule has 0 aliphatic rings. The van der Waals surface area contributed by atoms with E-state index in [1.807, 2.05) is 6.07 Å². The highest BCUT2D eigenvalue weighted by Crippen LogP contribution is 2.27. The molecule has 0 spiro atoms. The van der Waals surface area contributed by atoms with Crippen molar-refractivity contribution >= 4 is 16.9 Å². The molecule has 0 saturated carbocycles. The Morgan fingerprint density at radius 1 is 1.00 bits per heavy atom. The Kier molecular flexibility index (Phi) is 5.54. The van der Waals surface area contributed by atoms with Gasteiger partial charge in [0, 0.05) is 30.6 Å². The first-order valence-corrected chi connectivity index (χ1v) is 8.55. The van der Waals surface area contributed by atoms with Gasteiger partial charge in [-0.05, 0) is 24.3 Å². The van der Waals surface area contributed by atoms with Gasteiger partial charge in [-0.1, -0.05) is 12.1 Å². The van der Waals surface area contributed by atoms with Gasteiger partial charge in [0.2, 0.25) is 0 Å². The number of nitrogens with zero attached hydrogens (tertiary/aromatic N) is 1. The van der Waals surface area contributed by atoms with E-state index in [1.54, 1.807) is 51.6 Å². The fourth-order valence-corrected chi connectivity index (χ4v) is 2.94. The second-order valence-corrected chi connectivity index (χ2v) is 6.17. The van der Waals surface area contributed by atoms with Crippen molar-refractivity contribution in [3.05, 3.63) is 64.0 Å². The molecule has 0 atom stereocenters. The number of amides is 1. The number of hydrogen-bond donors (Lipinski definition) is 0. The Hall–Kier alpha value is -3.48. The van der Waals surface area contributed by atoms with Gasteiger partial charge in [-0.25, -0.2) is 4.79 Å². The fraction of sp³-hybridized carbons (Fsp3) is 0.238. The van der Waals surface area contributed by atoms with Gasteiger partial charge < -0.3 is 23.5 Å². The molecule has 7 nitrogen and oxygen atoms in total. The molecule has 0 radical (unpaired) electrons. The highest BCUT2D eigenvalue weighted by Gasteiger charge is 2.20. The quantitative estimate of drug-likeness (QED) is 0.609. The molecule has 7 heteroatoms. The van der Waals surface area contributed by atoms with E-state index in [1.165, 1.54) is 18.1 Å². The average molecular weight is 383 g/mol. The van der Waals surface area contributed by atoms with Crippen LogP contribution in [0.3, 0.4) is 0 Å². The van der Waals surface area contributed by atoms with Crippen molar-refractivity contribution in [2.24, 2.45) is 0 Å². The number of ether oxygens (including phenoxy) is 3. The van der Waals surface area contributed by atoms with Crippen molar-refractivity contribution in [2.45, 2.75) is 6.54 Å². The van der Waals surface area contributed by atoms with Gasteiger partial charge in [0.25, 0.3) is 5.91 Å². The van der Waals surface area contributed by atoms with Crippen LogP contribution in [0.25, 0.3) is 11.0 Å². The first kappa shape index (κ1) is 19.3. The number of carbonyl (C=O) groups is 1. The van der Waals surface area contributed by atoms with E-state index >= 15 is 0 Å². The number of methoxy groups -OCH3 is 3. The molecule has 3 aromatic rings. The van der Waals surface area contributed by atoms with Crippen LogP contribution >= 0.6 is 0 Å². The molecule has 3 rings (SSSR count). The topological polar surface area (TPSA) is 78.2 Å². The van der Waals surface area contributed by atoms with Crippen LogP contribution in [0.5, 0.6) is 17.2 Å². The number of benzene rings is 2. The summed E-state index contributed by atoms with van der Waals surface area (Å²) in [6.07, 6.45) is 0. The summed E-state index contributed by atoms with van der Waals surface area (Å²) in [6.45, 7) is 0.252. The van der Waals surface area contributed by atoms with Gasteiger partial charge >= 0.3 is 5.63 Å². The largest absolute Gasteiger partial charge is 0.497 e. The second kappa shape index (κ2) is 8.04. The van der Waals surface area contributed by atoms with E-state index in [2.05, 4.69) is 0 Å². The molecule has 0 N–H and O–H groups in total. The molecular formula is C21H21NO6. The van der Waals surface area contributed by atoms with Crippen LogP contribution in [0.15, 0.2) is 51.7 Å².